The van der Waals surface area contributed by atoms with E-state index in [1.165, 1.54) is 19.1 Å². The molecule has 0 aliphatic carbocycles. The number of carbonyl (C=O) groups is 1. The predicted molar refractivity (Wildman–Crippen MR) is 100 cm³/mol. The highest BCUT2D eigenvalue weighted by molar-refractivity contribution is 7.89. The maximum atomic E-state index is 12.4. The Hall–Kier alpha value is -2.38. The molecule has 2 rings (SSSR count). The minimum atomic E-state index is -3.80. The molecule has 2 atom stereocenters. The van der Waals surface area contributed by atoms with Gasteiger partial charge in [-0.15, -0.1) is 0 Å². The smallest absolute Gasteiger partial charge is 0.241 e. The SMILES string of the molecule is CCOc1ccc(S(=O)(=O)N[C@H](C)C(=O)N[C@H](C)c2ccccc2)cc1. The first-order valence-corrected chi connectivity index (χ1v) is 9.92. The second kappa shape index (κ2) is 8.82. The predicted octanol–water partition coefficient (Wildman–Crippen LogP) is 2.63. The van der Waals surface area contributed by atoms with Crippen molar-refractivity contribution in [2.75, 3.05) is 6.61 Å². The van der Waals surface area contributed by atoms with Gasteiger partial charge < -0.3 is 10.1 Å². The molecule has 0 heterocycles. The van der Waals surface area contributed by atoms with Crippen LogP contribution in [0.1, 0.15) is 32.4 Å². The molecule has 0 bridgehead atoms. The molecule has 6 nitrogen and oxygen atoms in total. The summed E-state index contributed by atoms with van der Waals surface area (Å²) in [4.78, 5) is 12.4. The summed E-state index contributed by atoms with van der Waals surface area (Å²) >= 11 is 0. The largest absolute Gasteiger partial charge is 0.494 e. The third-order valence-corrected chi connectivity index (χ3v) is 5.39. The highest BCUT2D eigenvalue weighted by atomic mass is 32.2. The number of sulfonamides is 1. The molecule has 0 spiro atoms. The fourth-order valence-electron chi connectivity index (χ4n) is 2.40. The van der Waals surface area contributed by atoms with Gasteiger partial charge in [-0.25, -0.2) is 8.42 Å². The molecule has 0 fully saturated rings. The Balaban J connectivity index is 2.00. The summed E-state index contributed by atoms with van der Waals surface area (Å²) in [5, 5.41) is 2.81. The first-order chi connectivity index (χ1) is 12.3. The van der Waals surface area contributed by atoms with Gasteiger partial charge in [-0.1, -0.05) is 30.3 Å². The first-order valence-electron chi connectivity index (χ1n) is 8.44. The Morgan fingerprint density at radius 3 is 2.23 bits per heavy atom. The van der Waals surface area contributed by atoms with Crippen molar-refractivity contribution < 1.29 is 17.9 Å². The van der Waals surface area contributed by atoms with Crippen LogP contribution in [-0.2, 0) is 14.8 Å². The van der Waals surface area contributed by atoms with Crippen molar-refractivity contribution in [3.8, 4) is 5.75 Å². The van der Waals surface area contributed by atoms with Crippen LogP contribution >= 0.6 is 0 Å². The Bertz CT molecular complexity index is 820. The fraction of sp³-hybridized carbons (Fsp3) is 0.316. The molecule has 2 N–H and O–H groups in total. The van der Waals surface area contributed by atoms with E-state index in [9.17, 15) is 13.2 Å². The number of amides is 1. The maximum absolute atomic E-state index is 12.4. The van der Waals surface area contributed by atoms with Crippen LogP contribution in [0.4, 0.5) is 0 Å². The molecule has 0 aliphatic rings. The number of hydrogen-bond acceptors (Lipinski definition) is 4. The third-order valence-electron chi connectivity index (χ3n) is 3.83. The van der Waals surface area contributed by atoms with Gasteiger partial charge in [0, 0.05) is 0 Å². The zero-order chi connectivity index (χ0) is 19.2. The van der Waals surface area contributed by atoms with Gasteiger partial charge in [-0.2, -0.15) is 4.72 Å². The minimum absolute atomic E-state index is 0.0803. The van der Waals surface area contributed by atoms with E-state index in [1.54, 1.807) is 12.1 Å². The van der Waals surface area contributed by atoms with Crippen LogP contribution in [0.15, 0.2) is 59.5 Å². The van der Waals surface area contributed by atoms with Gasteiger partial charge in [0.1, 0.15) is 5.75 Å². The molecule has 1 amide bonds. The van der Waals surface area contributed by atoms with Gasteiger partial charge in [0.2, 0.25) is 15.9 Å². The lowest BCUT2D eigenvalue weighted by Crippen LogP contribution is -2.45. The van der Waals surface area contributed by atoms with Crippen LogP contribution < -0.4 is 14.8 Å². The Kier molecular flexibility index (Phi) is 6.76. The van der Waals surface area contributed by atoms with E-state index in [2.05, 4.69) is 10.0 Å². The normalized spacial score (nSPS) is 13.7. The van der Waals surface area contributed by atoms with E-state index < -0.39 is 22.0 Å². The summed E-state index contributed by atoms with van der Waals surface area (Å²) in [7, 11) is -3.80. The zero-order valence-electron chi connectivity index (χ0n) is 15.1. The lowest BCUT2D eigenvalue weighted by molar-refractivity contribution is -0.123. The quantitative estimate of drug-likeness (QED) is 0.742. The Morgan fingerprint density at radius 2 is 1.65 bits per heavy atom. The molecule has 26 heavy (non-hydrogen) atoms. The lowest BCUT2D eigenvalue weighted by atomic mass is 10.1. The number of hydrogen-bond donors (Lipinski definition) is 2. The van der Waals surface area contributed by atoms with E-state index >= 15 is 0 Å². The zero-order valence-corrected chi connectivity index (χ0v) is 15.9. The lowest BCUT2D eigenvalue weighted by Gasteiger charge is -2.19. The van der Waals surface area contributed by atoms with E-state index in [0.29, 0.717) is 12.4 Å². The van der Waals surface area contributed by atoms with Crippen LogP contribution in [-0.4, -0.2) is 27.0 Å². The van der Waals surface area contributed by atoms with Crippen molar-refractivity contribution in [1.29, 1.82) is 0 Å². The van der Waals surface area contributed by atoms with Crippen LogP contribution in [0.25, 0.3) is 0 Å². The third kappa shape index (κ3) is 5.31. The molecule has 7 heteroatoms. The number of ether oxygens (including phenoxy) is 1. The van der Waals surface area contributed by atoms with E-state index in [-0.39, 0.29) is 10.9 Å². The summed E-state index contributed by atoms with van der Waals surface area (Å²) in [6.45, 7) is 5.71. The average Bonchev–Trinajstić information content (AvgIpc) is 2.62. The summed E-state index contributed by atoms with van der Waals surface area (Å²) < 4.78 is 32.6. The van der Waals surface area contributed by atoms with Gasteiger partial charge in [-0.3, -0.25) is 4.79 Å². The molecule has 2 aromatic rings. The van der Waals surface area contributed by atoms with Crippen LogP contribution in [0.2, 0.25) is 0 Å². The average molecular weight is 376 g/mol. The monoisotopic (exact) mass is 376 g/mol. The molecule has 0 saturated carbocycles. The van der Waals surface area contributed by atoms with Crippen molar-refractivity contribution >= 4 is 15.9 Å². The van der Waals surface area contributed by atoms with Crippen LogP contribution in [0, 0.1) is 0 Å². The second-order valence-corrected chi connectivity index (χ2v) is 7.60. The second-order valence-electron chi connectivity index (χ2n) is 5.89. The fourth-order valence-corrected chi connectivity index (χ4v) is 3.60. The molecule has 2 aromatic carbocycles. The molecular weight excluding hydrogens is 352 g/mol. The number of rotatable bonds is 8. The highest BCUT2D eigenvalue weighted by Gasteiger charge is 2.23. The molecule has 0 aliphatic heterocycles. The van der Waals surface area contributed by atoms with E-state index in [4.69, 9.17) is 4.74 Å². The summed E-state index contributed by atoms with van der Waals surface area (Å²) in [5.41, 5.74) is 0.947. The van der Waals surface area contributed by atoms with Crippen molar-refractivity contribution in [2.24, 2.45) is 0 Å². The molecule has 140 valence electrons. The molecular formula is C19H24N2O4S. The van der Waals surface area contributed by atoms with Crippen molar-refractivity contribution in [1.82, 2.24) is 10.0 Å². The van der Waals surface area contributed by atoms with Gasteiger partial charge in [0.05, 0.1) is 23.6 Å². The van der Waals surface area contributed by atoms with Gasteiger partial charge in [0.25, 0.3) is 0 Å². The Morgan fingerprint density at radius 1 is 1.04 bits per heavy atom. The van der Waals surface area contributed by atoms with E-state index in [0.717, 1.165) is 5.56 Å². The molecule has 0 unspecified atom stereocenters. The summed E-state index contributed by atoms with van der Waals surface area (Å²) in [6.07, 6.45) is 0. The standard InChI is InChI=1S/C19H24N2O4S/c1-4-25-17-10-12-18(13-11-17)26(23,24)21-15(3)19(22)20-14(2)16-8-6-5-7-9-16/h5-15,21H,4H2,1-3H3,(H,20,22)/t14-,15-/m1/s1. The first kappa shape index (κ1) is 19.9. The van der Waals surface area contributed by atoms with E-state index in [1.807, 2.05) is 44.2 Å². The van der Waals surface area contributed by atoms with Gasteiger partial charge in [-0.05, 0) is 50.6 Å². The summed E-state index contributed by atoms with van der Waals surface area (Å²) in [5.74, 6) is 0.199. The minimum Gasteiger partial charge on any atom is -0.494 e. The number of benzene rings is 2. The number of nitrogens with one attached hydrogen (secondary N) is 2. The maximum Gasteiger partial charge on any atom is 0.241 e. The molecule has 0 saturated heterocycles. The summed E-state index contributed by atoms with van der Waals surface area (Å²) in [6, 6.07) is 14.4. The van der Waals surface area contributed by atoms with Crippen molar-refractivity contribution in [3.05, 3.63) is 60.2 Å². The Labute approximate surface area is 154 Å². The van der Waals surface area contributed by atoms with Gasteiger partial charge in [0.15, 0.2) is 0 Å². The molecule has 0 aromatic heterocycles. The van der Waals surface area contributed by atoms with Crippen molar-refractivity contribution in [2.45, 2.75) is 37.8 Å². The van der Waals surface area contributed by atoms with Crippen LogP contribution in [0.5, 0.6) is 5.75 Å². The van der Waals surface area contributed by atoms with Crippen LogP contribution in [0.3, 0.4) is 0 Å². The topological polar surface area (TPSA) is 84.5 Å². The van der Waals surface area contributed by atoms with Gasteiger partial charge >= 0.3 is 0 Å². The highest BCUT2D eigenvalue weighted by Crippen LogP contribution is 2.16. The van der Waals surface area contributed by atoms with Crippen molar-refractivity contribution in [3.63, 3.8) is 0 Å². The number of carbonyl (C=O) groups excluding carboxylic acids is 1. The molecule has 0 radical (unpaired) electrons.